The SMILES string of the molecule is Cc1n[nH]c(C)c1S(=O)(=O)N(C)C(C)CC(N)=S. The Labute approximate surface area is 113 Å². The first-order chi connectivity index (χ1) is 8.17. The van der Waals surface area contributed by atoms with Gasteiger partial charge in [0.15, 0.2) is 0 Å². The molecule has 6 nitrogen and oxygen atoms in total. The number of hydrogen-bond donors (Lipinski definition) is 2. The van der Waals surface area contributed by atoms with Crippen molar-refractivity contribution in [1.29, 1.82) is 0 Å². The van der Waals surface area contributed by atoms with Crippen LogP contribution in [0.5, 0.6) is 0 Å². The smallest absolute Gasteiger partial charge is 0.246 e. The van der Waals surface area contributed by atoms with E-state index in [9.17, 15) is 8.42 Å². The van der Waals surface area contributed by atoms with Crippen molar-refractivity contribution in [2.75, 3.05) is 7.05 Å². The lowest BCUT2D eigenvalue weighted by Crippen LogP contribution is -2.37. The van der Waals surface area contributed by atoms with Crippen molar-refractivity contribution < 1.29 is 8.42 Å². The van der Waals surface area contributed by atoms with Crippen molar-refractivity contribution in [3.63, 3.8) is 0 Å². The topological polar surface area (TPSA) is 92.1 Å². The molecule has 18 heavy (non-hydrogen) atoms. The number of H-pyrrole nitrogens is 1. The van der Waals surface area contributed by atoms with Crippen LogP contribution in [-0.2, 0) is 10.0 Å². The molecule has 0 fully saturated rings. The predicted octanol–water partition coefficient (Wildman–Crippen LogP) is 0.712. The Balaban J connectivity index is 3.11. The Morgan fingerprint density at radius 1 is 1.56 bits per heavy atom. The first-order valence-electron chi connectivity index (χ1n) is 5.45. The van der Waals surface area contributed by atoms with E-state index >= 15 is 0 Å². The summed E-state index contributed by atoms with van der Waals surface area (Å²) in [5, 5.41) is 6.58. The third-order valence-electron chi connectivity index (χ3n) is 2.81. The monoisotopic (exact) mass is 290 g/mol. The van der Waals surface area contributed by atoms with Crippen LogP contribution < -0.4 is 5.73 Å². The van der Waals surface area contributed by atoms with Crippen LogP contribution >= 0.6 is 12.2 Å². The van der Waals surface area contributed by atoms with Crippen LogP contribution in [0, 0.1) is 13.8 Å². The molecule has 102 valence electrons. The van der Waals surface area contributed by atoms with E-state index in [0.717, 1.165) is 0 Å². The zero-order valence-electron chi connectivity index (χ0n) is 10.9. The highest BCUT2D eigenvalue weighted by Gasteiger charge is 2.30. The van der Waals surface area contributed by atoms with Crippen LogP contribution in [0.3, 0.4) is 0 Å². The molecule has 0 aliphatic carbocycles. The van der Waals surface area contributed by atoms with Gasteiger partial charge < -0.3 is 5.73 Å². The molecule has 0 bridgehead atoms. The van der Waals surface area contributed by atoms with Gasteiger partial charge in [-0.05, 0) is 20.8 Å². The fourth-order valence-electron chi connectivity index (χ4n) is 1.72. The van der Waals surface area contributed by atoms with E-state index < -0.39 is 10.0 Å². The number of sulfonamides is 1. The molecule has 1 unspecified atom stereocenters. The van der Waals surface area contributed by atoms with Gasteiger partial charge in [0.05, 0.1) is 16.4 Å². The van der Waals surface area contributed by atoms with Crippen LogP contribution in [0.25, 0.3) is 0 Å². The summed E-state index contributed by atoms with van der Waals surface area (Å²) in [6.45, 7) is 5.10. The number of aromatic nitrogens is 2. The number of nitrogens with two attached hydrogens (primary N) is 1. The Morgan fingerprint density at radius 3 is 2.50 bits per heavy atom. The number of nitrogens with one attached hydrogen (secondary N) is 1. The molecule has 0 amide bonds. The zero-order chi connectivity index (χ0) is 14.1. The maximum atomic E-state index is 12.4. The average Bonchev–Trinajstić information content (AvgIpc) is 2.56. The van der Waals surface area contributed by atoms with Crippen LogP contribution in [0.1, 0.15) is 24.7 Å². The Kier molecular flexibility index (Phi) is 4.46. The molecule has 0 spiro atoms. The van der Waals surface area contributed by atoms with Gasteiger partial charge in [0, 0.05) is 19.5 Å². The molecule has 0 aliphatic rings. The predicted molar refractivity (Wildman–Crippen MR) is 73.9 cm³/mol. The van der Waals surface area contributed by atoms with Crippen molar-refractivity contribution in [1.82, 2.24) is 14.5 Å². The molecule has 0 aliphatic heterocycles. The van der Waals surface area contributed by atoms with Gasteiger partial charge in [-0.2, -0.15) is 9.40 Å². The number of hydrogen-bond acceptors (Lipinski definition) is 4. The normalized spacial score (nSPS) is 13.8. The molecular formula is C10H18N4O2S2. The summed E-state index contributed by atoms with van der Waals surface area (Å²) in [5.41, 5.74) is 6.43. The summed E-state index contributed by atoms with van der Waals surface area (Å²) in [6.07, 6.45) is 0.348. The van der Waals surface area contributed by atoms with E-state index in [1.54, 1.807) is 20.8 Å². The summed E-state index contributed by atoms with van der Waals surface area (Å²) in [4.78, 5) is 0.518. The summed E-state index contributed by atoms with van der Waals surface area (Å²) >= 11 is 4.80. The Morgan fingerprint density at radius 2 is 2.11 bits per heavy atom. The molecule has 1 atom stereocenters. The molecule has 0 radical (unpaired) electrons. The number of rotatable bonds is 5. The van der Waals surface area contributed by atoms with Crippen LogP contribution in [0.2, 0.25) is 0 Å². The van der Waals surface area contributed by atoms with Gasteiger partial charge in [-0.25, -0.2) is 8.42 Å². The van der Waals surface area contributed by atoms with E-state index in [-0.39, 0.29) is 10.9 Å². The second-order valence-corrected chi connectivity index (χ2v) is 6.76. The summed E-state index contributed by atoms with van der Waals surface area (Å²) in [5.74, 6) is 0. The van der Waals surface area contributed by atoms with Gasteiger partial charge in [0.25, 0.3) is 0 Å². The molecule has 1 heterocycles. The minimum Gasteiger partial charge on any atom is -0.393 e. The maximum absolute atomic E-state index is 12.4. The van der Waals surface area contributed by atoms with Gasteiger partial charge in [0.1, 0.15) is 4.90 Å². The number of aryl methyl sites for hydroxylation is 2. The van der Waals surface area contributed by atoms with Crippen molar-refractivity contribution in [2.45, 2.75) is 38.1 Å². The second kappa shape index (κ2) is 5.33. The van der Waals surface area contributed by atoms with Crippen LogP contribution in [0.4, 0.5) is 0 Å². The number of nitrogens with zero attached hydrogens (tertiary/aromatic N) is 2. The second-order valence-electron chi connectivity index (χ2n) is 4.30. The third kappa shape index (κ3) is 2.88. The minimum absolute atomic E-state index is 0.222. The molecule has 1 rings (SSSR count). The quantitative estimate of drug-likeness (QED) is 0.779. The molecule has 0 saturated heterocycles. The summed E-state index contributed by atoms with van der Waals surface area (Å²) in [6, 6.07) is -0.291. The molecule has 1 aromatic rings. The van der Waals surface area contributed by atoms with Crippen molar-refractivity contribution in [3.8, 4) is 0 Å². The highest BCUT2D eigenvalue weighted by Crippen LogP contribution is 2.22. The van der Waals surface area contributed by atoms with E-state index in [1.165, 1.54) is 11.4 Å². The van der Waals surface area contributed by atoms with Crippen LogP contribution in [0.15, 0.2) is 4.90 Å². The van der Waals surface area contributed by atoms with E-state index in [0.29, 0.717) is 22.8 Å². The lowest BCUT2D eigenvalue weighted by atomic mass is 10.2. The van der Waals surface area contributed by atoms with Crippen LogP contribution in [-0.4, -0.2) is 41.0 Å². The summed E-state index contributed by atoms with van der Waals surface area (Å²) < 4.78 is 26.2. The van der Waals surface area contributed by atoms with Crippen molar-refractivity contribution in [2.24, 2.45) is 5.73 Å². The standard InChI is InChI=1S/C10H18N4O2S2/c1-6(5-9(11)17)14(4)18(15,16)10-7(2)12-13-8(10)3/h6H,5H2,1-4H3,(H2,11,17)(H,12,13). The highest BCUT2D eigenvalue weighted by molar-refractivity contribution is 7.89. The molecule has 8 heteroatoms. The summed E-state index contributed by atoms with van der Waals surface area (Å²) in [7, 11) is -2.06. The van der Waals surface area contributed by atoms with Crippen molar-refractivity contribution in [3.05, 3.63) is 11.4 Å². The van der Waals surface area contributed by atoms with Gasteiger partial charge >= 0.3 is 0 Å². The fourth-order valence-corrected chi connectivity index (χ4v) is 3.65. The molecule has 3 N–H and O–H groups in total. The minimum atomic E-state index is -3.58. The third-order valence-corrected chi connectivity index (χ3v) is 5.22. The first kappa shape index (κ1) is 15.1. The van der Waals surface area contributed by atoms with Gasteiger partial charge in [0.2, 0.25) is 10.0 Å². The Bertz CT molecular complexity index is 531. The number of aromatic amines is 1. The van der Waals surface area contributed by atoms with Crippen molar-refractivity contribution >= 4 is 27.2 Å². The van der Waals surface area contributed by atoms with E-state index in [4.69, 9.17) is 18.0 Å². The Hall–Kier alpha value is -0.990. The maximum Gasteiger partial charge on any atom is 0.246 e. The molecule has 0 saturated carbocycles. The molecular weight excluding hydrogens is 272 g/mol. The largest absolute Gasteiger partial charge is 0.393 e. The molecule has 0 aromatic carbocycles. The first-order valence-corrected chi connectivity index (χ1v) is 7.30. The van der Waals surface area contributed by atoms with E-state index in [1.807, 2.05) is 0 Å². The lowest BCUT2D eigenvalue weighted by Gasteiger charge is -2.23. The zero-order valence-corrected chi connectivity index (χ0v) is 12.5. The van der Waals surface area contributed by atoms with Gasteiger partial charge in [-0.1, -0.05) is 12.2 Å². The van der Waals surface area contributed by atoms with Gasteiger partial charge in [-0.15, -0.1) is 0 Å². The van der Waals surface area contributed by atoms with E-state index in [2.05, 4.69) is 10.2 Å². The lowest BCUT2D eigenvalue weighted by molar-refractivity contribution is 0.396. The van der Waals surface area contributed by atoms with Gasteiger partial charge in [-0.3, -0.25) is 5.10 Å². The number of thiocarbonyl (C=S) groups is 1. The molecule has 1 aromatic heterocycles. The highest BCUT2D eigenvalue weighted by atomic mass is 32.2. The average molecular weight is 290 g/mol. The fraction of sp³-hybridized carbons (Fsp3) is 0.600.